The van der Waals surface area contributed by atoms with E-state index in [-0.39, 0.29) is 11.9 Å². The van der Waals surface area contributed by atoms with Gasteiger partial charge in [0.1, 0.15) is 16.5 Å². The van der Waals surface area contributed by atoms with E-state index in [2.05, 4.69) is 10.3 Å². The van der Waals surface area contributed by atoms with Crippen LogP contribution in [0.5, 0.6) is 5.75 Å². The van der Waals surface area contributed by atoms with Crippen LogP contribution in [-0.2, 0) is 6.54 Å². The maximum Gasteiger partial charge on any atom is 0.271 e. The van der Waals surface area contributed by atoms with Crippen LogP contribution >= 0.6 is 23.1 Å². The summed E-state index contributed by atoms with van der Waals surface area (Å²) in [5.41, 5.74) is 7.46. The van der Waals surface area contributed by atoms with Crippen molar-refractivity contribution in [2.75, 3.05) is 18.6 Å². The van der Waals surface area contributed by atoms with Gasteiger partial charge in [-0.3, -0.25) is 4.79 Å². The molecule has 7 heteroatoms. The minimum atomic E-state index is -0.194. The summed E-state index contributed by atoms with van der Waals surface area (Å²) in [5.74, 6) is 1.58. The normalized spacial score (nSPS) is 12.0. The molecule has 2 rings (SSSR count). The fourth-order valence-corrected chi connectivity index (χ4v) is 3.47. The van der Waals surface area contributed by atoms with E-state index in [4.69, 9.17) is 10.5 Å². The molecule has 1 atom stereocenters. The van der Waals surface area contributed by atoms with E-state index >= 15 is 0 Å². The van der Waals surface area contributed by atoms with E-state index in [1.165, 1.54) is 11.3 Å². The minimum Gasteiger partial charge on any atom is -0.494 e. The molecule has 130 valence electrons. The second kappa shape index (κ2) is 9.66. The summed E-state index contributed by atoms with van der Waals surface area (Å²) >= 11 is 3.19. The fourth-order valence-electron chi connectivity index (χ4n) is 2.14. The van der Waals surface area contributed by atoms with Crippen molar-refractivity contribution in [3.8, 4) is 5.75 Å². The zero-order valence-electron chi connectivity index (χ0n) is 14.0. The summed E-state index contributed by atoms with van der Waals surface area (Å²) in [6.45, 7) is 2.93. The van der Waals surface area contributed by atoms with Gasteiger partial charge < -0.3 is 15.8 Å². The summed E-state index contributed by atoms with van der Waals surface area (Å²) in [6, 6.07) is 7.57. The van der Waals surface area contributed by atoms with Crippen molar-refractivity contribution in [2.24, 2.45) is 5.73 Å². The maximum absolute atomic E-state index is 12.3. The van der Waals surface area contributed by atoms with Gasteiger partial charge in [-0.25, -0.2) is 4.98 Å². The third-order valence-corrected chi connectivity index (χ3v) is 5.04. The van der Waals surface area contributed by atoms with Crippen LogP contribution in [0.25, 0.3) is 0 Å². The van der Waals surface area contributed by atoms with E-state index < -0.39 is 0 Å². The maximum atomic E-state index is 12.3. The highest BCUT2D eigenvalue weighted by molar-refractivity contribution is 7.98. The summed E-state index contributed by atoms with van der Waals surface area (Å²) in [6.07, 6.45) is 2.91. The van der Waals surface area contributed by atoms with Gasteiger partial charge in [0.15, 0.2) is 0 Å². The molecule has 0 aliphatic heterocycles. The predicted molar refractivity (Wildman–Crippen MR) is 101 cm³/mol. The molecular formula is C17H23N3O2S2. The van der Waals surface area contributed by atoms with E-state index in [1.54, 1.807) is 17.1 Å². The molecule has 0 aliphatic rings. The summed E-state index contributed by atoms with van der Waals surface area (Å²) < 4.78 is 5.56. The lowest BCUT2D eigenvalue weighted by Crippen LogP contribution is -2.23. The molecule has 0 saturated carbocycles. The van der Waals surface area contributed by atoms with E-state index in [1.807, 2.05) is 37.4 Å². The molecule has 1 aromatic heterocycles. The van der Waals surface area contributed by atoms with Crippen LogP contribution in [0.1, 0.15) is 40.4 Å². The van der Waals surface area contributed by atoms with E-state index in [9.17, 15) is 4.79 Å². The van der Waals surface area contributed by atoms with Crippen molar-refractivity contribution in [3.63, 3.8) is 0 Å². The van der Waals surface area contributed by atoms with Crippen LogP contribution in [0.2, 0.25) is 0 Å². The summed E-state index contributed by atoms with van der Waals surface area (Å²) in [4.78, 5) is 16.7. The molecule has 1 heterocycles. The smallest absolute Gasteiger partial charge is 0.271 e. The highest BCUT2D eigenvalue weighted by atomic mass is 32.2. The lowest BCUT2D eigenvalue weighted by Gasteiger charge is -2.10. The third-order valence-electron chi connectivity index (χ3n) is 3.42. The number of benzene rings is 1. The van der Waals surface area contributed by atoms with Gasteiger partial charge in [0, 0.05) is 17.5 Å². The highest BCUT2D eigenvalue weighted by Crippen LogP contribution is 2.21. The van der Waals surface area contributed by atoms with Gasteiger partial charge in [0.05, 0.1) is 12.6 Å². The lowest BCUT2D eigenvalue weighted by atomic mass is 10.2. The molecule has 24 heavy (non-hydrogen) atoms. The van der Waals surface area contributed by atoms with Crippen molar-refractivity contribution < 1.29 is 9.53 Å². The van der Waals surface area contributed by atoms with Gasteiger partial charge in [-0.05, 0) is 31.4 Å². The predicted octanol–water partition coefficient (Wildman–Crippen LogP) is 3.22. The Morgan fingerprint density at radius 3 is 3.00 bits per heavy atom. The molecule has 0 aliphatic carbocycles. The zero-order chi connectivity index (χ0) is 17.4. The standard InChI is InChI=1S/C17H23N3O2S2/c1-3-22-15-7-5-4-6-12(15)10-19-16(21)14-11-24-17(20-14)13(18)8-9-23-2/h4-7,11,13H,3,8-10,18H2,1-2H3,(H,19,21). The van der Waals surface area contributed by atoms with Crippen molar-refractivity contribution in [3.05, 3.63) is 45.9 Å². The lowest BCUT2D eigenvalue weighted by molar-refractivity contribution is 0.0946. The first-order chi connectivity index (χ1) is 11.7. The third kappa shape index (κ3) is 5.22. The monoisotopic (exact) mass is 365 g/mol. The van der Waals surface area contributed by atoms with Gasteiger partial charge in [-0.15, -0.1) is 11.3 Å². The molecular weight excluding hydrogens is 342 g/mol. The summed E-state index contributed by atoms with van der Waals surface area (Å²) in [7, 11) is 0. The van der Waals surface area contributed by atoms with Crippen molar-refractivity contribution in [1.82, 2.24) is 10.3 Å². The van der Waals surface area contributed by atoms with Crippen molar-refractivity contribution >= 4 is 29.0 Å². The van der Waals surface area contributed by atoms with Gasteiger partial charge in [0.2, 0.25) is 0 Å². The fraction of sp³-hybridized carbons (Fsp3) is 0.412. The highest BCUT2D eigenvalue weighted by Gasteiger charge is 2.15. The number of thiazole rings is 1. The number of carbonyl (C=O) groups is 1. The van der Waals surface area contributed by atoms with Crippen LogP contribution in [0.15, 0.2) is 29.6 Å². The second-order valence-electron chi connectivity index (χ2n) is 5.18. The van der Waals surface area contributed by atoms with Crippen LogP contribution in [0.3, 0.4) is 0 Å². The molecule has 1 aromatic carbocycles. The van der Waals surface area contributed by atoms with Crippen molar-refractivity contribution in [1.29, 1.82) is 0 Å². The topological polar surface area (TPSA) is 77.2 Å². The molecule has 3 N–H and O–H groups in total. The van der Waals surface area contributed by atoms with Crippen LogP contribution in [-0.4, -0.2) is 29.5 Å². The number of hydrogen-bond donors (Lipinski definition) is 2. The van der Waals surface area contributed by atoms with Gasteiger partial charge in [0.25, 0.3) is 5.91 Å². The number of aromatic nitrogens is 1. The Morgan fingerprint density at radius 2 is 2.25 bits per heavy atom. The molecule has 1 unspecified atom stereocenters. The van der Waals surface area contributed by atoms with Gasteiger partial charge in [-0.1, -0.05) is 18.2 Å². The number of ether oxygens (including phenoxy) is 1. The number of amides is 1. The Bertz CT molecular complexity index is 661. The van der Waals surface area contributed by atoms with Crippen molar-refractivity contribution in [2.45, 2.75) is 25.9 Å². The molecule has 0 saturated heterocycles. The molecule has 0 spiro atoms. The number of rotatable bonds is 9. The Morgan fingerprint density at radius 1 is 1.46 bits per heavy atom. The molecule has 1 amide bonds. The Balaban J connectivity index is 1.95. The molecule has 0 fully saturated rings. The van der Waals surface area contributed by atoms with Crippen LogP contribution < -0.4 is 15.8 Å². The molecule has 0 radical (unpaired) electrons. The minimum absolute atomic E-state index is 0.109. The van der Waals surface area contributed by atoms with E-state index in [0.717, 1.165) is 28.5 Å². The van der Waals surface area contributed by atoms with Crippen LogP contribution in [0, 0.1) is 0 Å². The molecule has 5 nitrogen and oxygen atoms in total. The number of carbonyl (C=O) groups excluding carboxylic acids is 1. The SMILES string of the molecule is CCOc1ccccc1CNC(=O)c1csc(C(N)CCSC)n1. The van der Waals surface area contributed by atoms with Gasteiger partial charge >= 0.3 is 0 Å². The average molecular weight is 366 g/mol. The first-order valence-electron chi connectivity index (χ1n) is 7.84. The zero-order valence-corrected chi connectivity index (χ0v) is 15.6. The number of nitrogens with two attached hydrogens (primary N) is 1. The Labute approximate surface area is 151 Å². The molecule has 0 bridgehead atoms. The quantitative estimate of drug-likeness (QED) is 0.713. The largest absolute Gasteiger partial charge is 0.494 e. The Kier molecular flexibility index (Phi) is 7.55. The number of hydrogen-bond acceptors (Lipinski definition) is 6. The van der Waals surface area contributed by atoms with Gasteiger partial charge in [-0.2, -0.15) is 11.8 Å². The first kappa shape index (κ1) is 18.8. The number of para-hydroxylation sites is 1. The summed E-state index contributed by atoms with van der Waals surface area (Å²) in [5, 5.41) is 5.46. The Hall–Kier alpha value is -1.57. The van der Waals surface area contributed by atoms with Crippen LogP contribution in [0.4, 0.5) is 0 Å². The number of thioether (sulfide) groups is 1. The van der Waals surface area contributed by atoms with E-state index in [0.29, 0.717) is 18.8 Å². The second-order valence-corrected chi connectivity index (χ2v) is 7.06. The first-order valence-corrected chi connectivity index (χ1v) is 10.1. The number of nitrogens with zero attached hydrogens (tertiary/aromatic N) is 1. The number of nitrogens with one attached hydrogen (secondary N) is 1. The molecule has 2 aromatic rings. The average Bonchev–Trinajstić information content (AvgIpc) is 3.09.